The molecule has 8 heteroatoms. The Kier molecular flexibility index (Phi) is 4.99. The fourth-order valence-corrected chi connectivity index (χ4v) is 4.64. The quantitative estimate of drug-likeness (QED) is 0.714. The minimum absolute atomic E-state index is 0.0702. The Morgan fingerprint density at radius 3 is 2.56 bits per heavy atom. The number of hydrogen-bond acceptors (Lipinski definition) is 4. The number of imidazole rings is 1. The van der Waals surface area contributed by atoms with E-state index in [9.17, 15) is 13.5 Å². The largest absolute Gasteiger partial charge is 0.391 e. The van der Waals surface area contributed by atoms with Gasteiger partial charge in [-0.25, -0.2) is 4.98 Å². The number of fused-ring (bicyclic) bond motifs is 1. The molecular formula is C17H18ClN3O3S. The van der Waals surface area contributed by atoms with Crippen molar-refractivity contribution >= 4 is 33.0 Å². The number of anilines is 1. The zero-order chi connectivity index (χ0) is 18.0. The molecule has 0 fully saturated rings. The summed E-state index contributed by atoms with van der Waals surface area (Å²) in [6.07, 6.45) is 1.23. The number of halogens is 1. The predicted octanol–water partition coefficient (Wildman–Crippen LogP) is 2.95. The number of aliphatic hydroxyl groups excluding tert-OH is 1. The molecule has 0 unspecified atom stereocenters. The second-order valence-corrected chi connectivity index (χ2v) is 7.71. The summed E-state index contributed by atoms with van der Waals surface area (Å²) in [6.45, 7) is 1.72. The van der Waals surface area contributed by atoms with Crippen LogP contribution in [0.5, 0.6) is 0 Å². The van der Waals surface area contributed by atoms with Gasteiger partial charge in [-0.1, -0.05) is 42.8 Å². The van der Waals surface area contributed by atoms with Crippen molar-refractivity contribution < 1.29 is 13.5 Å². The molecule has 2 heterocycles. The lowest BCUT2D eigenvalue weighted by atomic mass is 10.2. The highest BCUT2D eigenvalue weighted by molar-refractivity contribution is 7.92. The van der Waals surface area contributed by atoms with Crippen molar-refractivity contribution in [2.45, 2.75) is 24.5 Å². The van der Waals surface area contributed by atoms with Crippen LogP contribution in [-0.4, -0.2) is 35.6 Å². The van der Waals surface area contributed by atoms with E-state index in [1.54, 1.807) is 61.7 Å². The van der Waals surface area contributed by atoms with Gasteiger partial charge in [0.2, 0.25) is 0 Å². The van der Waals surface area contributed by atoms with Gasteiger partial charge in [-0.2, -0.15) is 8.42 Å². The van der Waals surface area contributed by atoms with Crippen molar-refractivity contribution in [3.05, 3.63) is 59.9 Å². The molecule has 25 heavy (non-hydrogen) atoms. The summed E-state index contributed by atoms with van der Waals surface area (Å²) >= 11 is 6.15. The van der Waals surface area contributed by atoms with Crippen molar-refractivity contribution in [2.75, 3.05) is 10.8 Å². The first-order valence-corrected chi connectivity index (χ1v) is 9.65. The lowest BCUT2D eigenvalue weighted by molar-refractivity contribution is 0.179. The summed E-state index contributed by atoms with van der Waals surface area (Å²) in [6, 6.07) is 13.8. The van der Waals surface area contributed by atoms with Gasteiger partial charge in [-0.15, -0.1) is 0 Å². The minimum atomic E-state index is -4.03. The van der Waals surface area contributed by atoms with Crippen LogP contribution in [0.3, 0.4) is 0 Å². The Bertz CT molecular complexity index is 973. The van der Waals surface area contributed by atoms with E-state index in [1.165, 1.54) is 8.71 Å². The molecule has 0 aliphatic rings. The summed E-state index contributed by atoms with van der Waals surface area (Å²) in [7, 11) is -4.03. The second-order valence-electron chi connectivity index (χ2n) is 5.57. The summed E-state index contributed by atoms with van der Waals surface area (Å²) < 4.78 is 29.3. The van der Waals surface area contributed by atoms with Gasteiger partial charge in [0.15, 0.2) is 10.2 Å². The van der Waals surface area contributed by atoms with Crippen LogP contribution in [0, 0.1) is 0 Å². The van der Waals surface area contributed by atoms with Gasteiger partial charge in [0.25, 0.3) is 10.0 Å². The second kappa shape index (κ2) is 7.03. The fourth-order valence-electron chi connectivity index (χ4n) is 2.54. The van der Waals surface area contributed by atoms with Gasteiger partial charge in [0.05, 0.1) is 18.3 Å². The molecule has 1 atom stereocenters. The van der Waals surface area contributed by atoms with Crippen molar-refractivity contribution in [3.63, 3.8) is 0 Å². The SMILES string of the molecule is CC[C@H](O)CN(c1ccccc1)S(=O)(=O)c1c(Cl)nc2ccccn12. The highest BCUT2D eigenvalue weighted by atomic mass is 35.5. The van der Waals surface area contributed by atoms with Gasteiger partial charge in [-0.3, -0.25) is 8.71 Å². The molecule has 0 bridgehead atoms. The Hall–Kier alpha value is -2.09. The van der Waals surface area contributed by atoms with Crippen molar-refractivity contribution in [3.8, 4) is 0 Å². The first-order valence-electron chi connectivity index (χ1n) is 7.83. The summed E-state index contributed by atoms with van der Waals surface area (Å²) in [5, 5.41) is 9.86. The average molecular weight is 380 g/mol. The molecule has 0 aliphatic carbocycles. The minimum Gasteiger partial charge on any atom is -0.391 e. The van der Waals surface area contributed by atoms with Crippen LogP contribution in [-0.2, 0) is 10.0 Å². The number of rotatable bonds is 6. The van der Waals surface area contributed by atoms with Gasteiger partial charge >= 0.3 is 0 Å². The van der Waals surface area contributed by atoms with E-state index in [0.29, 0.717) is 17.8 Å². The normalized spacial score (nSPS) is 13.1. The number of pyridine rings is 1. The molecule has 2 aromatic heterocycles. The Morgan fingerprint density at radius 2 is 1.88 bits per heavy atom. The highest BCUT2D eigenvalue weighted by Gasteiger charge is 2.32. The van der Waals surface area contributed by atoms with Gasteiger partial charge in [0.1, 0.15) is 5.65 Å². The molecule has 132 valence electrons. The van der Waals surface area contributed by atoms with E-state index in [4.69, 9.17) is 11.6 Å². The molecule has 0 amide bonds. The summed E-state index contributed by atoms with van der Waals surface area (Å²) in [5.74, 6) is 0. The van der Waals surface area contributed by atoms with E-state index in [2.05, 4.69) is 4.98 Å². The first kappa shape index (κ1) is 17.7. The highest BCUT2D eigenvalue weighted by Crippen LogP contribution is 2.29. The lowest BCUT2D eigenvalue weighted by Crippen LogP contribution is -2.38. The van der Waals surface area contributed by atoms with E-state index in [1.807, 2.05) is 0 Å². The number of nitrogens with zero attached hydrogens (tertiary/aromatic N) is 3. The Balaban J connectivity index is 2.18. The third-order valence-electron chi connectivity index (χ3n) is 3.87. The molecular weight excluding hydrogens is 362 g/mol. The molecule has 0 aliphatic heterocycles. The topological polar surface area (TPSA) is 74.9 Å². The first-order chi connectivity index (χ1) is 11.9. The summed E-state index contributed by atoms with van der Waals surface area (Å²) in [5.41, 5.74) is 0.895. The molecule has 0 spiro atoms. The zero-order valence-corrected chi connectivity index (χ0v) is 15.2. The van der Waals surface area contributed by atoms with Gasteiger partial charge < -0.3 is 5.11 Å². The van der Waals surface area contributed by atoms with Crippen LogP contribution >= 0.6 is 11.6 Å². The molecule has 3 aromatic rings. The zero-order valence-electron chi connectivity index (χ0n) is 13.6. The molecule has 0 radical (unpaired) electrons. The van der Waals surface area contributed by atoms with E-state index < -0.39 is 16.1 Å². The molecule has 6 nitrogen and oxygen atoms in total. The van der Waals surface area contributed by atoms with Crippen LogP contribution in [0.4, 0.5) is 5.69 Å². The average Bonchev–Trinajstić information content (AvgIpc) is 2.96. The molecule has 3 rings (SSSR count). The van der Waals surface area contributed by atoms with Crippen molar-refractivity contribution in [1.29, 1.82) is 0 Å². The standard InChI is InChI=1S/C17H18ClN3O3S/c1-2-14(22)12-21(13-8-4-3-5-9-13)25(23,24)17-16(18)19-15-10-6-7-11-20(15)17/h3-11,14,22H,2,12H2,1H3/t14-/m0/s1. The van der Waals surface area contributed by atoms with Gasteiger partial charge in [-0.05, 0) is 30.7 Å². The van der Waals surface area contributed by atoms with Crippen LogP contribution in [0.15, 0.2) is 59.8 Å². The van der Waals surface area contributed by atoms with Crippen molar-refractivity contribution in [2.24, 2.45) is 0 Å². The maximum atomic E-state index is 13.3. The fraction of sp³-hybridized carbons (Fsp3) is 0.235. The number of hydrogen-bond donors (Lipinski definition) is 1. The van der Waals surface area contributed by atoms with Crippen LogP contribution in [0.1, 0.15) is 13.3 Å². The monoisotopic (exact) mass is 379 g/mol. The van der Waals surface area contributed by atoms with Gasteiger partial charge in [0, 0.05) is 6.20 Å². The third kappa shape index (κ3) is 3.35. The molecule has 0 saturated carbocycles. The smallest absolute Gasteiger partial charge is 0.283 e. The van der Waals surface area contributed by atoms with Crippen LogP contribution in [0.2, 0.25) is 5.15 Å². The van der Waals surface area contributed by atoms with E-state index >= 15 is 0 Å². The van der Waals surface area contributed by atoms with E-state index in [-0.39, 0.29) is 16.7 Å². The van der Waals surface area contributed by atoms with Crippen LogP contribution < -0.4 is 4.31 Å². The number of aliphatic hydroxyl groups is 1. The Labute approximate surface area is 151 Å². The number of para-hydroxylation sites is 1. The molecule has 1 aromatic carbocycles. The molecule has 1 N–H and O–H groups in total. The number of benzene rings is 1. The summed E-state index contributed by atoms with van der Waals surface area (Å²) in [4.78, 5) is 4.11. The number of sulfonamides is 1. The van der Waals surface area contributed by atoms with Crippen molar-refractivity contribution in [1.82, 2.24) is 9.38 Å². The number of aromatic nitrogens is 2. The predicted molar refractivity (Wildman–Crippen MR) is 97.5 cm³/mol. The lowest BCUT2D eigenvalue weighted by Gasteiger charge is -2.26. The maximum Gasteiger partial charge on any atom is 0.283 e. The van der Waals surface area contributed by atoms with Crippen LogP contribution in [0.25, 0.3) is 5.65 Å². The maximum absolute atomic E-state index is 13.3. The van der Waals surface area contributed by atoms with E-state index in [0.717, 1.165) is 0 Å². The Morgan fingerprint density at radius 1 is 1.20 bits per heavy atom. The third-order valence-corrected chi connectivity index (χ3v) is 6.07. The molecule has 0 saturated heterocycles.